The van der Waals surface area contributed by atoms with Crippen molar-refractivity contribution < 1.29 is 9.53 Å². The van der Waals surface area contributed by atoms with Gasteiger partial charge in [0.15, 0.2) is 0 Å². The molecule has 0 saturated carbocycles. The van der Waals surface area contributed by atoms with Crippen LogP contribution in [0.3, 0.4) is 0 Å². The quantitative estimate of drug-likeness (QED) is 0.842. The molecule has 2 heterocycles. The molecule has 6 nitrogen and oxygen atoms in total. The van der Waals surface area contributed by atoms with E-state index in [0.717, 1.165) is 17.9 Å². The topological polar surface area (TPSA) is 69.5 Å². The number of hydrogen-bond donors (Lipinski definition) is 0. The second kappa shape index (κ2) is 7.73. The summed E-state index contributed by atoms with van der Waals surface area (Å²) in [5, 5.41) is 9.39. The Balaban J connectivity index is 2.07. The molecule has 0 aromatic carbocycles. The Morgan fingerprint density at radius 1 is 1.28 bits per heavy atom. The lowest BCUT2D eigenvalue weighted by Crippen LogP contribution is -2.50. The first-order chi connectivity index (χ1) is 11.7. The molecule has 1 aromatic rings. The fourth-order valence-electron chi connectivity index (χ4n) is 2.78. The van der Waals surface area contributed by atoms with Gasteiger partial charge in [-0.05, 0) is 45.2 Å². The Bertz CT molecular complexity index is 650. The highest BCUT2D eigenvalue weighted by molar-refractivity contribution is 5.68. The second-order valence-electron chi connectivity index (χ2n) is 7.84. The summed E-state index contributed by atoms with van der Waals surface area (Å²) >= 11 is 0. The van der Waals surface area contributed by atoms with Crippen molar-refractivity contribution in [2.75, 3.05) is 31.1 Å². The van der Waals surface area contributed by atoms with Crippen molar-refractivity contribution in [1.82, 2.24) is 9.88 Å². The van der Waals surface area contributed by atoms with Crippen molar-refractivity contribution in [2.24, 2.45) is 5.92 Å². The van der Waals surface area contributed by atoms with Crippen molar-refractivity contribution in [1.29, 1.82) is 5.26 Å². The molecule has 1 amide bonds. The molecule has 2 rings (SSSR count). The van der Waals surface area contributed by atoms with Gasteiger partial charge in [-0.3, -0.25) is 0 Å². The number of carbonyl (C=O) groups is 1. The van der Waals surface area contributed by atoms with Crippen LogP contribution in [0.5, 0.6) is 0 Å². The smallest absolute Gasteiger partial charge is 0.410 e. The van der Waals surface area contributed by atoms with E-state index in [4.69, 9.17) is 9.72 Å². The third kappa shape index (κ3) is 5.35. The zero-order chi connectivity index (χ0) is 18.6. The monoisotopic (exact) mass is 344 g/mol. The van der Waals surface area contributed by atoms with Gasteiger partial charge in [0.2, 0.25) is 0 Å². The number of piperazine rings is 1. The maximum absolute atomic E-state index is 12.2. The molecule has 6 heteroatoms. The van der Waals surface area contributed by atoms with Gasteiger partial charge < -0.3 is 14.5 Å². The highest BCUT2D eigenvalue weighted by Crippen LogP contribution is 2.21. The number of aromatic nitrogens is 1. The third-order valence-electron chi connectivity index (χ3n) is 3.90. The van der Waals surface area contributed by atoms with E-state index in [1.807, 2.05) is 32.9 Å². The summed E-state index contributed by atoms with van der Waals surface area (Å²) in [6.07, 6.45) is 0.602. The average Bonchev–Trinajstić information content (AvgIpc) is 2.53. The second-order valence-corrected chi connectivity index (χ2v) is 7.84. The molecule has 1 saturated heterocycles. The number of hydrogen-bond acceptors (Lipinski definition) is 5. The summed E-state index contributed by atoms with van der Waals surface area (Å²) in [5.41, 5.74) is 1.09. The molecule has 0 N–H and O–H groups in total. The van der Waals surface area contributed by atoms with Crippen LogP contribution < -0.4 is 4.90 Å². The van der Waals surface area contributed by atoms with Crippen molar-refractivity contribution in [2.45, 2.75) is 46.6 Å². The molecule has 0 radical (unpaired) electrons. The van der Waals surface area contributed by atoms with E-state index >= 15 is 0 Å². The van der Waals surface area contributed by atoms with Crippen LogP contribution in [0, 0.1) is 17.2 Å². The van der Waals surface area contributed by atoms with Crippen molar-refractivity contribution in [3.05, 3.63) is 23.4 Å². The molecular formula is C19H28N4O2. The van der Waals surface area contributed by atoms with Crippen LogP contribution in [0.1, 0.15) is 45.9 Å². The molecule has 0 spiro atoms. The lowest BCUT2D eigenvalue weighted by atomic mass is 10.1. The number of carbonyl (C=O) groups excluding carboxylic acids is 1. The summed E-state index contributed by atoms with van der Waals surface area (Å²) in [7, 11) is 0. The van der Waals surface area contributed by atoms with Crippen LogP contribution in [-0.4, -0.2) is 47.8 Å². The number of rotatable bonds is 3. The molecule has 1 aliphatic heterocycles. The van der Waals surface area contributed by atoms with Crippen LogP contribution >= 0.6 is 0 Å². The van der Waals surface area contributed by atoms with Crippen LogP contribution in [-0.2, 0) is 11.2 Å². The van der Waals surface area contributed by atoms with E-state index in [1.165, 1.54) is 0 Å². The normalized spacial score (nSPS) is 15.2. The van der Waals surface area contributed by atoms with Gasteiger partial charge in [0.05, 0.1) is 5.56 Å². The van der Waals surface area contributed by atoms with Gasteiger partial charge in [0.25, 0.3) is 0 Å². The van der Waals surface area contributed by atoms with Gasteiger partial charge in [-0.1, -0.05) is 13.8 Å². The van der Waals surface area contributed by atoms with Crippen LogP contribution in [0.25, 0.3) is 0 Å². The number of ether oxygens (including phenoxy) is 1. The molecule has 1 aliphatic rings. The summed E-state index contributed by atoms with van der Waals surface area (Å²) in [6.45, 7) is 12.3. The van der Waals surface area contributed by atoms with Crippen molar-refractivity contribution in [3.63, 3.8) is 0 Å². The number of nitrogens with zero attached hydrogens (tertiary/aromatic N) is 4. The maximum Gasteiger partial charge on any atom is 0.410 e. The molecule has 136 valence electrons. The summed E-state index contributed by atoms with van der Waals surface area (Å²) in [6, 6.07) is 6.01. The molecule has 1 fully saturated rings. The first kappa shape index (κ1) is 19.0. The van der Waals surface area contributed by atoms with Crippen LogP contribution in [0.2, 0.25) is 0 Å². The van der Waals surface area contributed by atoms with Gasteiger partial charge in [0.1, 0.15) is 17.5 Å². The summed E-state index contributed by atoms with van der Waals surface area (Å²) in [4.78, 5) is 20.7. The molecular weight excluding hydrogens is 316 g/mol. The number of amides is 1. The minimum atomic E-state index is -0.491. The van der Waals surface area contributed by atoms with E-state index in [0.29, 0.717) is 37.7 Å². The molecule has 1 aromatic heterocycles. The fourth-order valence-corrected chi connectivity index (χ4v) is 2.78. The first-order valence-electron chi connectivity index (χ1n) is 8.82. The predicted octanol–water partition coefficient (Wildman–Crippen LogP) is 3.21. The highest BCUT2D eigenvalue weighted by Gasteiger charge is 2.27. The average molecular weight is 344 g/mol. The van der Waals surface area contributed by atoms with Crippen molar-refractivity contribution >= 4 is 11.9 Å². The van der Waals surface area contributed by atoms with Crippen LogP contribution in [0.15, 0.2) is 12.1 Å². The van der Waals surface area contributed by atoms with Gasteiger partial charge in [0, 0.05) is 31.9 Å². The van der Waals surface area contributed by atoms with Gasteiger partial charge in [-0.15, -0.1) is 0 Å². The number of nitriles is 1. The SMILES string of the molecule is CC(C)Cc1ccc(C#N)c(N2CCN(C(=O)OC(C)(C)C)CC2)n1. The zero-order valence-electron chi connectivity index (χ0n) is 15.9. The van der Waals surface area contributed by atoms with E-state index in [2.05, 4.69) is 24.8 Å². The molecule has 0 unspecified atom stereocenters. The Labute approximate surface area is 150 Å². The Morgan fingerprint density at radius 2 is 1.92 bits per heavy atom. The van der Waals surface area contributed by atoms with E-state index in [9.17, 15) is 10.1 Å². The standard InChI is InChI=1S/C19H28N4O2/c1-14(2)12-16-7-6-15(13-20)17(21-16)22-8-10-23(11-9-22)18(24)25-19(3,4)5/h6-7,14H,8-12H2,1-5H3. The van der Waals surface area contributed by atoms with Crippen molar-refractivity contribution in [3.8, 4) is 6.07 Å². The lowest BCUT2D eigenvalue weighted by molar-refractivity contribution is 0.0240. The minimum absolute atomic E-state index is 0.283. The minimum Gasteiger partial charge on any atom is -0.444 e. The Morgan fingerprint density at radius 3 is 2.44 bits per heavy atom. The Kier molecular flexibility index (Phi) is 5.89. The van der Waals surface area contributed by atoms with Gasteiger partial charge >= 0.3 is 6.09 Å². The fraction of sp³-hybridized carbons (Fsp3) is 0.632. The van der Waals surface area contributed by atoms with E-state index < -0.39 is 5.60 Å². The summed E-state index contributed by atoms with van der Waals surface area (Å²) < 4.78 is 5.43. The van der Waals surface area contributed by atoms with Crippen LogP contribution in [0.4, 0.5) is 10.6 Å². The van der Waals surface area contributed by atoms with Gasteiger partial charge in [-0.2, -0.15) is 5.26 Å². The molecule has 0 atom stereocenters. The van der Waals surface area contributed by atoms with Gasteiger partial charge in [-0.25, -0.2) is 9.78 Å². The molecule has 25 heavy (non-hydrogen) atoms. The largest absolute Gasteiger partial charge is 0.444 e. The molecule has 0 bridgehead atoms. The predicted molar refractivity (Wildman–Crippen MR) is 97.5 cm³/mol. The summed E-state index contributed by atoms with van der Waals surface area (Å²) in [5.74, 6) is 1.24. The Hall–Kier alpha value is -2.29. The van der Waals surface area contributed by atoms with E-state index in [-0.39, 0.29) is 6.09 Å². The number of pyridine rings is 1. The highest BCUT2D eigenvalue weighted by atomic mass is 16.6. The maximum atomic E-state index is 12.2. The number of anilines is 1. The molecule has 0 aliphatic carbocycles. The first-order valence-corrected chi connectivity index (χ1v) is 8.82. The zero-order valence-corrected chi connectivity index (χ0v) is 15.9. The third-order valence-corrected chi connectivity index (χ3v) is 3.90. The van der Waals surface area contributed by atoms with E-state index in [1.54, 1.807) is 4.90 Å². The lowest BCUT2D eigenvalue weighted by Gasteiger charge is -2.36.